The molecule has 4 amide bonds. The number of benzene rings is 4. The van der Waals surface area contributed by atoms with E-state index in [1.807, 2.05) is 80.0 Å². The van der Waals surface area contributed by atoms with Gasteiger partial charge in [0.2, 0.25) is 5.91 Å². The van der Waals surface area contributed by atoms with Gasteiger partial charge < -0.3 is 30.7 Å². The fraction of sp³-hybridized carbons (Fsp3) is 0.306. The lowest BCUT2D eigenvalue weighted by Crippen LogP contribution is -2.46. The van der Waals surface area contributed by atoms with Crippen LogP contribution in [0.1, 0.15) is 82.8 Å². The zero-order valence-corrected chi connectivity index (χ0v) is 38.9. The number of hydrogen-bond acceptors (Lipinski definition) is 9. The molecule has 15 heteroatoms. The minimum absolute atomic E-state index is 0.0539. The van der Waals surface area contributed by atoms with Crippen molar-refractivity contribution in [3.8, 4) is 17.2 Å². The smallest absolute Gasteiger partial charge is 0.264 e. The van der Waals surface area contributed by atoms with E-state index in [2.05, 4.69) is 21.7 Å². The number of fused-ring (bicyclic) bond motifs is 1. The monoisotopic (exact) mass is 917 g/mol. The van der Waals surface area contributed by atoms with Crippen molar-refractivity contribution in [2.24, 2.45) is 0 Å². The van der Waals surface area contributed by atoms with Gasteiger partial charge in [0.25, 0.3) is 17.7 Å². The van der Waals surface area contributed by atoms with Gasteiger partial charge >= 0.3 is 0 Å². The van der Waals surface area contributed by atoms with Gasteiger partial charge in [0.15, 0.2) is 0 Å². The molecule has 1 aromatic heterocycles. The number of anilines is 2. The van der Waals surface area contributed by atoms with Crippen LogP contribution >= 0.6 is 31.1 Å². The summed E-state index contributed by atoms with van der Waals surface area (Å²) in [7, 11) is -1.01. The van der Waals surface area contributed by atoms with Crippen LogP contribution in [0.15, 0.2) is 108 Å². The highest BCUT2D eigenvalue weighted by molar-refractivity contribution is 7.51. The van der Waals surface area contributed by atoms with Crippen LogP contribution in [0.4, 0.5) is 11.4 Å². The minimum Gasteiger partial charge on any atom is -0.399 e. The molecule has 2 aliphatic heterocycles. The third kappa shape index (κ3) is 13.1. The number of thiazole rings is 1. The van der Waals surface area contributed by atoms with Crippen LogP contribution in [0.25, 0.3) is 17.2 Å². The van der Waals surface area contributed by atoms with Gasteiger partial charge in [-0.05, 0) is 135 Å². The van der Waals surface area contributed by atoms with E-state index < -0.39 is 13.7 Å². The Bertz CT molecular complexity index is 2470. The summed E-state index contributed by atoms with van der Waals surface area (Å²) in [6.45, 7) is 9.46. The molecule has 1 saturated heterocycles. The zero-order chi connectivity index (χ0) is 45.8. The van der Waals surface area contributed by atoms with Gasteiger partial charge in [0.05, 0.1) is 18.4 Å². The molecular formula is C49H53ClN7O5PS. The number of nitrogens with two attached hydrogens (primary N) is 1. The number of carbonyl (C=O) groups excluding carboxylic acids is 4. The normalized spacial score (nSPS) is 15.4. The molecule has 2 atom stereocenters. The van der Waals surface area contributed by atoms with E-state index in [1.165, 1.54) is 11.3 Å². The molecule has 0 bridgehead atoms. The SMILES string of the molecule is CC(=O)N1CCCc2cc(-c3ccc(C(=O)NC(C)(C)COP(C)CNC(=O)c4ccc(C5CCCN(C(=O)/C(C#N)=C/c6nccs6)C5)cc4)cc3)ccc21.Nc1ccc(Cl)cc1. The van der Waals surface area contributed by atoms with Crippen molar-refractivity contribution in [3.63, 3.8) is 0 Å². The molecule has 0 saturated carbocycles. The largest absolute Gasteiger partial charge is 0.399 e. The molecule has 2 unspecified atom stereocenters. The van der Waals surface area contributed by atoms with E-state index >= 15 is 0 Å². The van der Waals surface area contributed by atoms with E-state index in [4.69, 9.17) is 21.9 Å². The molecule has 3 heterocycles. The number of rotatable bonds is 12. The van der Waals surface area contributed by atoms with Crippen LogP contribution in [0.3, 0.4) is 0 Å². The first kappa shape index (κ1) is 47.6. The zero-order valence-electron chi connectivity index (χ0n) is 36.5. The van der Waals surface area contributed by atoms with E-state index in [0.29, 0.717) is 35.5 Å². The quantitative estimate of drug-likeness (QED) is 0.0481. The Morgan fingerprint density at radius 2 is 1.66 bits per heavy atom. The summed E-state index contributed by atoms with van der Waals surface area (Å²) in [5, 5.41) is 18.8. The average molecular weight is 919 g/mol. The van der Waals surface area contributed by atoms with E-state index in [-0.39, 0.29) is 41.7 Å². The Morgan fingerprint density at radius 1 is 0.969 bits per heavy atom. The molecule has 0 aliphatic carbocycles. The fourth-order valence-corrected chi connectivity index (χ4v) is 9.18. The lowest BCUT2D eigenvalue weighted by atomic mass is 9.89. The molecule has 2 aliphatic rings. The highest BCUT2D eigenvalue weighted by Gasteiger charge is 2.28. The number of nitrogen functional groups attached to an aromatic ring is 1. The first-order valence-corrected chi connectivity index (χ1v) is 24.2. The number of nitriles is 1. The summed E-state index contributed by atoms with van der Waals surface area (Å²) in [5.41, 5.74) is 11.8. The van der Waals surface area contributed by atoms with E-state index in [1.54, 1.807) is 65.9 Å². The second-order valence-electron chi connectivity index (χ2n) is 16.4. The number of aromatic nitrogens is 1. The fourth-order valence-electron chi connectivity index (χ4n) is 7.48. The molecule has 12 nitrogen and oxygen atoms in total. The Balaban J connectivity index is 0.000000766. The Hall–Kier alpha value is -5.90. The Kier molecular flexibility index (Phi) is 16.5. The first-order chi connectivity index (χ1) is 30.7. The summed E-state index contributed by atoms with van der Waals surface area (Å²) in [4.78, 5) is 59.1. The number of hydrogen-bond donors (Lipinski definition) is 3. The van der Waals surface area contributed by atoms with E-state index in [9.17, 15) is 24.4 Å². The maximum Gasteiger partial charge on any atom is 0.264 e. The highest BCUT2D eigenvalue weighted by Crippen LogP contribution is 2.34. The van der Waals surface area contributed by atoms with Crippen molar-refractivity contribution in [2.45, 2.75) is 57.9 Å². The molecule has 1 fully saturated rings. The number of aryl methyl sites for hydroxylation is 1. The van der Waals surface area contributed by atoms with Crippen molar-refractivity contribution in [1.82, 2.24) is 20.5 Å². The molecule has 64 heavy (non-hydrogen) atoms. The summed E-state index contributed by atoms with van der Waals surface area (Å²) in [5.74, 6) is -0.534. The van der Waals surface area contributed by atoms with Gasteiger partial charge in [-0.25, -0.2) is 4.98 Å². The van der Waals surface area contributed by atoms with Gasteiger partial charge in [-0.15, -0.1) is 11.3 Å². The summed E-state index contributed by atoms with van der Waals surface area (Å²) in [6.07, 6.45) is 7.14. The summed E-state index contributed by atoms with van der Waals surface area (Å²) >= 11 is 6.93. The number of piperidine rings is 1. The molecule has 0 spiro atoms. The van der Waals surface area contributed by atoms with Crippen molar-refractivity contribution in [3.05, 3.63) is 140 Å². The minimum atomic E-state index is -1.01. The second kappa shape index (κ2) is 22.1. The van der Waals surface area contributed by atoms with Crippen molar-refractivity contribution >= 4 is 72.2 Å². The van der Waals surface area contributed by atoms with Gasteiger partial charge in [-0.3, -0.25) is 19.2 Å². The molecule has 332 valence electrons. The third-order valence-corrected chi connectivity index (χ3v) is 13.1. The number of halogens is 1. The topological polar surface area (TPSA) is 171 Å². The predicted molar refractivity (Wildman–Crippen MR) is 257 cm³/mol. The number of amides is 4. The highest BCUT2D eigenvalue weighted by atomic mass is 35.5. The number of nitrogens with zero attached hydrogens (tertiary/aromatic N) is 4. The van der Waals surface area contributed by atoms with Gasteiger partial charge in [0.1, 0.15) is 16.6 Å². The third-order valence-electron chi connectivity index (χ3n) is 10.9. The Morgan fingerprint density at radius 3 is 2.31 bits per heavy atom. The van der Waals surface area contributed by atoms with Crippen molar-refractivity contribution < 1.29 is 23.7 Å². The molecule has 5 aromatic rings. The molecular weight excluding hydrogens is 865 g/mol. The lowest BCUT2D eigenvalue weighted by Gasteiger charge is -2.33. The summed E-state index contributed by atoms with van der Waals surface area (Å²) in [6, 6.07) is 30.2. The van der Waals surface area contributed by atoms with Crippen LogP contribution in [-0.2, 0) is 20.5 Å². The maximum atomic E-state index is 13.2. The van der Waals surface area contributed by atoms with Crippen LogP contribution in [0.5, 0.6) is 0 Å². The lowest BCUT2D eigenvalue weighted by molar-refractivity contribution is -0.127. The van der Waals surface area contributed by atoms with E-state index in [0.717, 1.165) is 70.9 Å². The number of nitrogens with one attached hydrogen (secondary N) is 2. The average Bonchev–Trinajstić information content (AvgIpc) is 3.83. The number of carbonyl (C=O) groups is 4. The van der Waals surface area contributed by atoms with Crippen LogP contribution in [0, 0.1) is 11.3 Å². The molecule has 0 radical (unpaired) electrons. The standard InChI is InChI=1S/C43H47N6O5PS.C6H6ClN/c1-29(50)49-21-6-7-35-23-34(17-18-38(35)49)30-9-15-33(16-10-30)41(52)47-43(2,3)27-54-55(4)28-46-40(51)32-13-11-31(12-14-32)36-8-5-20-48(26-36)42(53)37(25-44)24-39-45-19-22-56-39;7-5-1-3-6(8)4-2-5/h9-19,22-24,36H,5-8,20-21,26-28H2,1-4H3,(H,46,51)(H,47,52);1-4H,8H2/b37-24+;. The maximum absolute atomic E-state index is 13.2. The van der Waals surface area contributed by atoms with Gasteiger partial charge in [-0.1, -0.05) is 41.9 Å². The number of likely N-dealkylation sites (tertiary alicyclic amines) is 1. The van der Waals surface area contributed by atoms with Crippen LogP contribution < -0.4 is 21.3 Å². The second-order valence-corrected chi connectivity index (χ2v) is 19.6. The van der Waals surface area contributed by atoms with Crippen molar-refractivity contribution in [2.75, 3.05) is 49.8 Å². The van der Waals surface area contributed by atoms with Crippen LogP contribution in [0.2, 0.25) is 5.02 Å². The molecule has 4 N–H and O–H groups in total. The molecule has 4 aromatic carbocycles. The van der Waals surface area contributed by atoms with Crippen molar-refractivity contribution in [1.29, 1.82) is 5.26 Å². The van der Waals surface area contributed by atoms with Gasteiger partial charge in [0, 0.05) is 79.7 Å². The first-order valence-electron chi connectivity index (χ1n) is 21.1. The molecule has 7 rings (SSSR count). The van der Waals surface area contributed by atoms with Gasteiger partial charge in [-0.2, -0.15) is 5.26 Å². The predicted octanol–water partition coefficient (Wildman–Crippen LogP) is 9.28. The van der Waals surface area contributed by atoms with Crippen LogP contribution in [-0.4, -0.2) is 78.2 Å². The Labute approximate surface area is 385 Å². The summed E-state index contributed by atoms with van der Waals surface area (Å²) < 4.78 is 6.11.